The lowest BCUT2D eigenvalue weighted by atomic mass is 9.93. The van der Waals surface area contributed by atoms with Crippen molar-refractivity contribution in [1.82, 2.24) is 15.1 Å². The van der Waals surface area contributed by atoms with E-state index in [-0.39, 0.29) is 12.6 Å². The number of esters is 1. The van der Waals surface area contributed by atoms with Crippen LogP contribution in [-0.2, 0) is 14.3 Å². The van der Waals surface area contributed by atoms with E-state index >= 15 is 0 Å². The first-order valence-corrected chi connectivity index (χ1v) is 10.5. The molecule has 0 unspecified atom stereocenters. The Balaban J connectivity index is 2.10. The van der Waals surface area contributed by atoms with E-state index in [1.807, 2.05) is 13.0 Å². The Morgan fingerprint density at radius 2 is 1.87 bits per heavy atom. The third-order valence-corrected chi connectivity index (χ3v) is 5.47. The van der Waals surface area contributed by atoms with E-state index in [4.69, 9.17) is 18.9 Å². The fourth-order valence-corrected chi connectivity index (χ4v) is 3.91. The van der Waals surface area contributed by atoms with Gasteiger partial charge in [-0.25, -0.2) is 9.59 Å². The number of methoxy groups -OCH3 is 2. The van der Waals surface area contributed by atoms with Gasteiger partial charge in [0.2, 0.25) is 0 Å². The molecule has 9 nitrogen and oxygen atoms in total. The van der Waals surface area contributed by atoms with Crippen LogP contribution < -0.4 is 14.8 Å². The molecule has 31 heavy (non-hydrogen) atoms. The van der Waals surface area contributed by atoms with Crippen molar-refractivity contribution in [2.45, 2.75) is 19.9 Å². The van der Waals surface area contributed by atoms with Crippen LogP contribution in [0.1, 0.15) is 25.5 Å². The molecule has 2 heterocycles. The largest absolute Gasteiger partial charge is 0.493 e. The Morgan fingerprint density at radius 3 is 2.48 bits per heavy atom. The molecule has 1 N–H and O–H groups in total. The number of nitrogens with one attached hydrogen (secondary N) is 1. The van der Waals surface area contributed by atoms with Crippen LogP contribution >= 0.6 is 0 Å². The van der Waals surface area contributed by atoms with Crippen LogP contribution in [0.3, 0.4) is 0 Å². The Morgan fingerprint density at radius 1 is 1.16 bits per heavy atom. The second-order valence-electron chi connectivity index (χ2n) is 7.21. The smallest absolute Gasteiger partial charge is 0.338 e. The standard InChI is InChI=1S/C22H31N3O6/c1-5-25-16(14-24-9-11-30-12-10-24)19(21(26)31-6-2)20(23-22(25)27)15-7-8-17(28-3)18(13-15)29-4/h7-8,13,20H,5-6,9-12,14H2,1-4H3,(H,23,27)/t20-/m0/s1. The first-order chi connectivity index (χ1) is 15.0. The monoisotopic (exact) mass is 433 g/mol. The second-order valence-corrected chi connectivity index (χ2v) is 7.21. The number of hydrogen-bond donors (Lipinski definition) is 1. The molecule has 2 amide bonds. The molecule has 2 aliphatic heterocycles. The summed E-state index contributed by atoms with van der Waals surface area (Å²) in [6, 6.07) is 4.44. The van der Waals surface area contributed by atoms with Gasteiger partial charge >= 0.3 is 12.0 Å². The third kappa shape index (κ3) is 4.94. The van der Waals surface area contributed by atoms with Crippen LogP contribution in [0.15, 0.2) is 29.5 Å². The number of rotatable bonds is 8. The minimum Gasteiger partial charge on any atom is -0.493 e. The predicted molar refractivity (Wildman–Crippen MR) is 114 cm³/mol. The molecule has 2 aliphatic rings. The number of carbonyl (C=O) groups excluding carboxylic acids is 2. The van der Waals surface area contributed by atoms with Gasteiger partial charge in [0.25, 0.3) is 0 Å². The SMILES string of the molecule is CCOC(=O)C1=C(CN2CCOCC2)N(CC)C(=O)N[C@H]1c1ccc(OC)c(OC)c1. The van der Waals surface area contributed by atoms with Crippen molar-refractivity contribution in [3.63, 3.8) is 0 Å². The molecule has 1 atom stereocenters. The predicted octanol–water partition coefficient (Wildman–Crippen LogP) is 1.94. The van der Waals surface area contributed by atoms with Crippen LogP contribution in [0, 0.1) is 0 Å². The van der Waals surface area contributed by atoms with E-state index < -0.39 is 12.0 Å². The van der Waals surface area contributed by atoms with Crippen LogP contribution in [0.5, 0.6) is 11.5 Å². The van der Waals surface area contributed by atoms with Crippen molar-refractivity contribution >= 4 is 12.0 Å². The summed E-state index contributed by atoms with van der Waals surface area (Å²) in [6.45, 7) is 7.52. The highest BCUT2D eigenvalue weighted by Crippen LogP contribution is 2.36. The molecule has 9 heteroatoms. The van der Waals surface area contributed by atoms with E-state index in [1.54, 1.807) is 38.2 Å². The molecule has 0 radical (unpaired) electrons. The van der Waals surface area contributed by atoms with Gasteiger partial charge in [0.1, 0.15) is 0 Å². The first-order valence-electron chi connectivity index (χ1n) is 10.5. The van der Waals surface area contributed by atoms with Crippen LogP contribution in [-0.4, -0.2) is 82.0 Å². The molecule has 1 fully saturated rings. The fraction of sp³-hybridized carbons (Fsp3) is 0.545. The van der Waals surface area contributed by atoms with Gasteiger partial charge in [-0.05, 0) is 31.5 Å². The van der Waals surface area contributed by atoms with Gasteiger partial charge in [0, 0.05) is 31.9 Å². The number of amides is 2. The molecule has 0 aliphatic carbocycles. The highest BCUT2D eigenvalue weighted by atomic mass is 16.5. The zero-order chi connectivity index (χ0) is 22.4. The zero-order valence-corrected chi connectivity index (χ0v) is 18.6. The third-order valence-electron chi connectivity index (χ3n) is 5.47. The summed E-state index contributed by atoms with van der Waals surface area (Å²) in [7, 11) is 3.11. The van der Waals surface area contributed by atoms with Gasteiger partial charge in [-0.2, -0.15) is 0 Å². The Kier molecular flexibility index (Phi) is 7.75. The van der Waals surface area contributed by atoms with Crippen molar-refractivity contribution in [2.24, 2.45) is 0 Å². The highest BCUT2D eigenvalue weighted by Gasteiger charge is 2.38. The highest BCUT2D eigenvalue weighted by molar-refractivity contribution is 5.95. The summed E-state index contributed by atoms with van der Waals surface area (Å²) in [6.07, 6.45) is 0. The Bertz CT molecular complexity index is 835. The van der Waals surface area contributed by atoms with Crippen molar-refractivity contribution in [2.75, 3.05) is 60.2 Å². The zero-order valence-electron chi connectivity index (χ0n) is 18.6. The van der Waals surface area contributed by atoms with Crippen molar-refractivity contribution in [1.29, 1.82) is 0 Å². The van der Waals surface area contributed by atoms with Crippen molar-refractivity contribution in [3.8, 4) is 11.5 Å². The number of benzene rings is 1. The minimum atomic E-state index is -0.662. The normalized spacial score (nSPS) is 19.8. The number of ether oxygens (including phenoxy) is 4. The molecule has 0 aromatic heterocycles. The van der Waals surface area contributed by atoms with Gasteiger partial charge in [0.15, 0.2) is 11.5 Å². The topological polar surface area (TPSA) is 89.6 Å². The summed E-state index contributed by atoms with van der Waals surface area (Å²) in [5, 5.41) is 2.97. The maximum Gasteiger partial charge on any atom is 0.338 e. The number of hydrogen-bond acceptors (Lipinski definition) is 7. The van der Waals surface area contributed by atoms with E-state index in [2.05, 4.69) is 10.2 Å². The van der Waals surface area contributed by atoms with Crippen molar-refractivity contribution < 1.29 is 28.5 Å². The van der Waals surface area contributed by atoms with Gasteiger partial charge in [-0.15, -0.1) is 0 Å². The number of morpholine rings is 1. The minimum absolute atomic E-state index is 0.242. The summed E-state index contributed by atoms with van der Waals surface area (Å²) in [5.74, 6) is 0.646. The molecule has 0 saturated carbocycles. The van der Waals surface area contributed by atoms with Gasteiger partial charge in [-0.1, -0.05) is 6.07 Å². The van der Waals surface area contributed by atoms with Gasteiger partial charge in [0.05, 0.1) is 45.7 Å². The molecule has 0 bridgehead atoms. The van der Waals surface area contributed by atoms with Crippen LogP contribution in [0.4, 0.5) is 4.79 Å². The quantitative estimate of drug-likeness (QED) is 0.627. The van der Waals surface area contributed by atoms with Gasteiger partial charge < -0.3 is 24.3 Å². The van der Waals surface area contributed by atoms with E-state index in [0.717, 1.165) is 13.1 Å². The summed E-state index contributed by atoms with van der Waals surface area (Å²) in [4.78, 5) is 29.9. The number of nitrogens with zero attached hydrogens (tertiary/aromatic N) is 2. The molecular weight excluding hydrogens is 402 g/mol. The van der Waals surface area contributed by atoms with Crippen LogP contribution in [0.25, 0.3) is 0 Å². The van der Waals surface area contributed by atoms with E-state index in [1.165, 1.54) is 0 Å². The fourth-order valence-electron chi connectivity index (χ4n) is 3.91. The van der Waals surface area contributed by atoms with E-state index in [0.29, 0.717) is 54.6 Å². The molecular formula is C22H31N3O6. The molecule has 1 saturated heterocycles. The summed E-state index contributed by atoms with van der Waals surface area (Å²) < 4.78 is 21.6. The average Bonchev–Trinajstić information content (AvgIpc) is 2.79. The van der Waals surface area contributed by atoms with E-state index in [9.17, 15) is 9.59 Å². The second kappa shape index (κ2) is 10.5. The average molecular weight is 434 g/mol. The molecule has 1 aromatic carbocycles. The maximum atomic E-state index is 13.1. The number of likely N-dealkylation sites (N-methyl/N-ethyl adjacent to an activating group) is 1. The lowest BCUT2D eigenvalue weighted by Crippen LogP contribution is -2.51. The Labute approximate surface area is 182 Å². The molecule has 3 rings (SSSR count). The van der Waals surface area contributed by atoms with Crippen LogP contribution in [0.2, 0.25) is 0 Å². The Hall–Kier alpha value is -2.78. The lowest BCUT2D eigenvalue weighted by Gasteiger charge is -2.38. The molecule has 0 spiro atoms. The maximum absolute atomic E-state index is 13.1. The van der Waals surface area contributed by atoms with Gasteiger partial charge in [-0.3, -0.25) is 9.80 Å². The lowest BCUT2D eigenvalue weighted by molar-refractivity contribution is -0.139. The number of urea groups is 1. The molecule has 170 valence electrons. The number of carbonyl (C=O) groups is 2. The summed E-state index contributed by atoms with van der Waals surface area (Å²) in [5.41, 5.74) is 1.80. The first kappa shape index (κ1) is 22.9. The summed E-state index contributed by atoms with van der Waals surface area (Å²) >= 11 is 0. The molecule has 1 aromatic rings. The van der Waals surface area contributed by atoms with Crippen molar-refractivity contribution in [3.05, 3.63) is 35.0 Å².